The normalized spacial score (nSPS) is 11.0. The molecule has 3 aromatic carbocycles. The highest BCUT2D eigenvalue weighted by molar-refractivity contribution is 7.90. The van der Waals surface area contributed by atoms with Crippen molar-refractivity contribution in [2.75, 3.05) is 11.6 Å². The fourth-order valence-electron chi connectivity index (χ4n) is 2.54. The van der Waals surface area contributed by atoms with Gasteiger partial charge >= 0.3 is 0 Å². The van der Waals surface area contributed by atoms with Crippen LogP contribution in [-0.4, -0.2) is 20.6 Å². The third kappa shape index (κ3) is 4.54. The van der Waals surface area contributed by atoms with Gasteiger partial charge < -0.3 is 10.1 Å². The summed E-state index contributed by atoms with van der Waals surface area (Å²) in [6.07, 6.45) is 1.11. The standard InChI is InChI=1S/C21H19NO4S/c1-15-12-13-17(27(2,24)25)14-18(15)21(23)22-19-10-6-7-11-20(19)26-16-8-4-3-5-9-16/h3-14H,1-2H3,(H,22,23). The van der Waals surface area contributed by atoms with Crippen molar-refractivity contribution in [3.8, 4) is 11.5 Å². The molecule has 0 fully saturated rings. The Kier molecular flexibility index (Phi) is 5.28. The number of benzene rings is 3. The van der Waals surface area contributed by atoms with Crippen LogP contribution in [0.25, 0.3) is 0 Å². The molecule has 0 saturated heterocycles. The number of sulfone groups is 1. The molecule has 138 valence electrons. The lowest BCUT2D eigenvalue weighted by atomic mass is 10.1. The molecule has 0 radical (unpaired) electrons. The van der Waals surface area contributed by atoms with Crippen LogP contribution in [0.2, 0.25) is 0 Å². The highest BCUT2D eigenvalue weighted by atomic mass is 32.2. The lowest BCUT2D eigenvalue weighted by Gasteiger charge is -2.13. The number of carbonyl (C=O) groups excluding carboxylic acids is 1. The predicted octanol–water partition coefficient (Wildman–Crippen LogP) is 4.44. The summed E-state index contributed by atoms with van der Waals surface area (Å²) in [6, 6.07) is 20.8. The molecular formula is C21H19NO4S. The molecule has 3 aromatic rings. The molecule has 1 N–H and O–H groups in total. The van der Waals surface area contributed by atoms with Crippen LogP contribution in [0, 0.1) is 6.92 Å². The highest BCUT2D eigenvalue weighted by Crippen LogP contribution is 2.29. The van der Waals surface area contributed by atoms with Crippen LogP contribution < -0.4 is 10.1 Å². The van der Waals surface area contributed by atoms with Crippen molar-refractivity contribution < 1.29 is 17.9 Å². The molecule has 5 nitrogen and oxygen atoms in total. The number of hydrogen-bond acceptors (Lipinski definition) is 4. The molecule has 1 amide bonds. The highest BCUT2D eigenvalue weighted by Gasteiger charge is 2.16. The van der Waals surface area contributed by atoms with Gasteiger partial charge in [0.2, 0.25) is 0 Å². The summed E-state index contributed by atoms with van der Waals surface area (Å²) in [5.41, 5.74) is 1.48. The molecule has 0 heterocycles. The largest absolute Gasteiger partial charge is 0.455 e. The van der Waals surface area contributed by atoms with Crippen molar-refractivity contribution >= 4 is 21.4 Å². The van der Waals surface area contributed by atoms with Crippen LogP contribution in [-0.2, 0) is 9.84 Å². The SMILES string of the molecule is Cc1ccc(S(C)(=O)=O)cc1C(=O)Nc1ccccc1Oc1ccccc1. The van der Waals surface area contributed by atoms with Crippen LogP contribution >= 0.6 is 0 Å². The van der Waals surface area contributed by atoms with E-state index in [-0.39, 0.29) is 4.90 Å². The maximum atomic E-state index is 12.8. The molecule has 0 atom stereocenters. The van der Waals surface area contributed by atoms with Crippen molar-refractivity contribution in [3.63, 3.8) is 0 Å². The zero-order valence-corrected chi connectivity index (χ0v) is 15.8. The summed E-state index contributed by atoms with van der Waals surface area (Å²) >= 11 is 0. The van der Waals surface area contributed by atoms with E-state index in [1.165, 1.54) is 12.1 Å². The minimum absolute atomic E-state index is 0.104. The van der Waals surface area contributed by atoms with Gasteiger partial charge in [0.1, 0.15) is 5.75 Å². The van der Waals surface area contributed by atoms with E-state index in [9.17, 15) is 13.2 Å². The second kappa shape index (κ2) is 7.63. The molecule has 0 spiro atoms. The van der Waals surface area contributed by atoms with E-state index in [4.69, 9.17) is 4.74 Å². The van der Waals surface area contributed by atoms with E-state index in [1.54, 1.807) is 31.2 Å². The Morgan fingerprint density at radius 3 is 2.30 bits per heavy atom. The number of carbonyl (C=O) groups is 1. The molecule has 0 bridgehead atoms. The van der Waals surface area contributed by atoms with Gasteiger partial charge in [-0.2, -0.15) is 0 Å². The number of anilines is 1. The Morgan fingerprint density at radius 2 is 1.59 bits per heavy atom. The minimum Gasteiger partial charge on any atom is -0.455 e. The van der Waals surface area contributed by atoms with E-state index in [0.717, 1.165) is 6.26 Å². The van der Waals surface area contributed by atoms with Gasteiger partial charge in [0, 0.05) is 11.8 Å². The number of ether oxygens (including phenoxy) is 1. The van der Waals surface area contributed by atoms with Crippen molar-refractivity contribution in [3.05, 3.63) is 83.9 Å². The Labute approximate surface area is 158 Å². The van der Waals surface area contributed by atoms with Crippen molar-refractivity contribution in [1.29, 1.82) is 0 Å². The Hall–Kier alpha value is -3.12. The van der Waals surface area contributed by atoms with E-state index < -0.39 is 15.7 Å². The zero-order chi connectivity index (χ0) is 19.4. The minimum atomic E-state index is -3.40. The third-order valence-corrected chi connectivity index (χ3v) is 5.10. The summed E-state index contributed by atoms with van der Waals surface area (Å²) in [4.78, 5) is 12.9. The zero-order valence-electron chi connectivity index (χ0n) is 15.0. The van der Waals surface area contributed by atoms with E-state index in [1.807, 2.05) is 36.4 Å². The summed E-state index contributed by atoms with van der Waals surface area (Å²) in [7, 11) is -3.40. The molecule has 0 aromatic heterocycles. The van der Waals surface area contributed by atoms with E-state index in [0.29, 0.717) is 28.3 Å². The van der Waals surface area contributed by atoms with Gasteiger partial charge in [0.25, 0.3) is 5.91 Å². The van der Waals surface area contributed by atoms with E-state index >= 15 is 0 Å². The second-order valence-electron chi connectivity index (χ2n) is 6.11. The molecule has 27 heavy (non-hydrogen) atoms. The first-order valence-corrected chi connectivity index (χ1v) is 10.2. The van der Waals surface area contributed by atoms with Crippen LogP contribution in [0.1, 0.15) is 15.9 Å². The first-order valence-electron chi connectivity index (χ1n) is 8.28. The Balaban J connectivity index is 1.89. The number of hydrogen-bond donors (Lipinski definition) is 1. The number of para-hydroxylation sites is 3. The first-order chi connectivity index (χ1) is 12.8. The summed E-state index contributed by atoms with van der Waals surface area (Å²) in [5, 5.41) is 2.81. The monoisotopic (exact) mass is 381 g/mol. The topological polar surface area (TPSA) is 72.5 Å². The lowest BCUT2D eigenvalue weighted by Crippen LogP contribution is -2.15. The predicted molar refractivity (Wildman–Crippen MR) is 105 cm³/mol. The molecule has 6 heteroatoms. The average molecular weight is 381 g/mol. The van der Waals surface area contributed by atoms with Gasteiger partial charge in [0.05, 0.1) is 10.6 Å². The molecule has 0 aliphatic heterocycles. The van der Waals surface area contributed by atoms with Gasteiger partial charge in [-0.3, -0.25) is 4.79 Å². The molecule has 0 saturated carbocycles. The summed E-state index contributed by atoms with van der Waals surface area (Å²) in [6.45, 7) is 1.76. The van der Waals surface area contributed by atoms with Gasteiger partial charge in [0.15, 0.2) is 15.6 Å². The van der Waals surface area contributed by atoms with Crippen molar-refractivity contribution in [2.24, 2.45) is 0 Å². The summed E-state index contributed by atoms with van der Waals surface area (Å²) in [5.74, 6) is 0.741. The maximum Gasteiger partial charge on any atom is 0.256 e. The molecule has 0 unspecified atom stereocenters. The molecule has 3 rings (SSSR count). The van der Waals surface area contributed by atoms with Crippen LogP contribution in [0.5, 0.6) is 11.5 Å². The smallest absolute Gasteiger partial charge is 0.256 e. The average Bonchev–Trinajstić information content (AvgIpc) is 2.63. The number of rotatable bonds is 5. The molecule has 0 aliphatic rings. The quantitative estimate of drug-likeness (QED) is 0.709. The Morgan fingerprint density at radius 1 is 0.926 bits per heavy atom. The number of nitrogens with one attached hydrogen (secondary N) is 1. The lowest BCUT2D eigenvalue weighted by molar-refractivity contribution is 0.102. The second-order valence-corrected chi connectivity index (χ2v) is 8.13. The van der Waals surface area contributed by atoms with Crippen molar-refractivity contribution in [1.82, 2.24) is 0 Å². The van der Waals surface area contributed by atoms with E-state index in [2.05, 4.69) is 5.32 Å². The molecular weight excluding hydrogens is 362 g/mol. The fraction of sp³-hybridized carbons (Fsp3) is 0.0952. The molecule has 0 aliphatic carbocycles. The number of amides is 1. The van der Waals surface area contributed by atoms with Gasteiger partial charge in [-0.1, -0.05) is 36.4 Å². The van der Waals surface area contributed by atoms with Crippen LogP contribution in [0.3, 0.4) is 0 Å². The van der Waals surface area contributed by atoms with Gasteiger partial charge in [-0.15, -0.1) is 0 Å². The van der Waals surface area contributed by atoms with Gasteiger partial charge in [-0.05, 0) is 48.9 Å². The third-order valence-electron chi connectivity index (χ3n) is 3.99. The Bertz CT molecular complexity index is 1080. The van der Waals surface area contributed by atoms with Gasteiger partial charge in [-0.25, -0.2) is 8.42 Å². The maximum absolute atomic E-state index is 12.8. The number of aryl methyl sites for hydroxylation is 1. The first kappa shape index (κ1) is 18.7. The van der Waals surface area contributed by atoms with Crippen LogP contribution in [0.4, 0.5) is 5.69 Å². The fourth-order valence-corrected chi connectivity index (χ4v) is 3.19. The summed E-state index contributed by atoms with van der Waals surface area (Å²) < 4.78 is 29.4. The van der Waals surface area contributed by atoms with Crippen molar-refractivity contribution in [2.45, 2.75) is 11.8 Å². The van der Waals surface area contributed by atoms with Crippen LogP contribution in [0.15, 0.2) is 77.7 Å².